The minimum absolute atomic E-state index is 0.229. The van der Waals surface area contributed by atoms with Gasteiger partial charge in [0.25, 0.3) is 0 Å². The van der Waals surface area contributed by atoms with Gasteiger partial charge < -0.3 is 14.2 Å². The van der Waals surface area contributed by atoms with Crippen molar-refractivity contribution in [2.75, 3.05) is 26.8 Å². The molecule has 146 valence electrons. The van der Waals surface area contributed by atoms with Crippen molar-refractivity contribution in [2.45, 2.75) is 31.7 Å². The zero-order chi connectivity index (χ0) is 19.3. The molecule has 28 heavy (non-hydrogen) atoms. The van der Waals surface area contributed by atoms with Crippen LogP contribution >= 0.6 is 0 Å². The van der Waals surface area contributed by atoms with Crippen molar-refractivity contribution < 1.29 is 9.53 Å². The maximum Gasteiger partial charge on any atom is 0.222 e. The Morgan fingerprint density at radius 1 is 1.25 bits per heavy atom. The number of likely N-dealkylation sites (tertiary alicyclic amines) is 1. The first-order chi connectivity index (χ1) is 13.8. The Bertz CT molecular complexity index is 938. The van der Waals surface area contributed by atoms with Crippen LogP contribution in [0.5, 0.6) is 0 Å². The molecular formula is C22H26N4O2. The Labute approximate surface area is 165 Å². The molecular weight excluding hydrogens is 352 g/mol. The van der Waals surface area contributed by atoms with Gasteiger partial charge in [0.1, 0.15) is 5.82 Å². The minimum Gasteiger partial charge on any atom is -0.383 e. The van der Waals surface area contributed by atoms with E-state index in [2.05, 4.69) is 21.7 Å². The number of hydrogen-bond acceptors (Lipinski definition) is 4. The molecule has 1 saturated heterocycles. The fraction of sp³-hybridized carbons (Fsp3) is 0.409. The Morgan fingerprint density at radius 2 is 2.11 bits per heavy atom. The predicted octanol–water partition coefficient (Wildman–Crippen LogP) is 3.03. The molecule has 3 heterocycles. The number of fused-ring (bicyclic) bond motifs is 1. The molecule has 6 heteroatoms. The van der Waals surface area contributed by atoms with E-state index in [1.54, 1.807) is 13.3 Å². The number of imidazole rings is 1. The molecule has 0 aliphatic carbocycles. The number of methoxy groups -OCH3 is 1. The van der Waals surface area contributed by atoms with Crippen LogP contribution in [0.4, 0.5) is 0 Å². The number of nitrogens with zero attached hydrogens (tertiary/aromatic N) is 4. The van der Waals surface area contributed by atoms with E-state index in [0.29, 0.717) is 13.0 Å². The highest BCUT2D eigenvalue weighted by Crippen LogP contribution is 2.29. The molecule has 1 amide bonds. The summed E-state index contributed by atoms with van der Waals surface area (Å²) in [7, 11) is 1.71. The van der Waals surface area contributed by atoms with Gasteiger partial charge in [-0.2, -0.15) is 0 Å². The summed E-state index contributed by atoms with van der Waals surface area (Å²) in [4.78, 5) is 23.8. The number of amides is 1. The maximum atomic E-state index is 12.7. The summed E-state index contributed by atoms with van der Waals surface area (Å²) in [6, 6.07) is 12.1. The molecule has 0 radical (unpaired) electrons. The molecule has 0 N–H and O–H groups in total. The van der Waals surface area contributed by atoms with Crippen LogP contribution in [0.25, 0.3) is 11.0 Å². The van der Waals surface area contributed by atoms with Gasteiger partial charge in [0.05, 0.1) is 23.8 Å². The van der Waals surface area contributed by atoms with Gasteiger partial charge in [0, 0.05) is 45.3 Å². The Morgan fingerprint density at radius 3 is 2.93 bits per heavy atom. The van der Waals surface area contributed by atoms with Crippen LogP contribution in [0.1, 0.15) is 30.1 Å². The number of benzene rings is 1. The van der Waals surface area contributed by atoms with Crippen molar-refractivity contribution in [1.82, 2.24) is 19.4 Å². The fourth-order valence-electron chi connectivity index (χ4n) is 3.97. The van der Waals surface area contributed by atoms with Gasteiger partial charge in [-0.1, -0.05) is 30.3 Å². The number of rotatable bonds is 7. The third kappa shape index (κ3) is 3.92. The molecule has 3 aromatic rings. The summed E-state index contributed by atoms with van der Waals surface area (Å²) >= 11 is 0. The monoisotopic (exact) mass is 378 g/mol. The Kier molecular flexibility index (Phi) is 5.67. The molecule has 1 aromatic carbocycles. The van der Waals surface area contributed by atoms with Gasteiger partial charge in [-0.15, -0.1) is 0 Å². The van der Waals surface area contributed by atoms with E-state index >= 15 is 0 Å². The number of aryl methyl sites for hydroxylation is 1. The van der Waals surface area contributed by atoms with Crippen LogP contribution in [0.15, 0.2) is 48.8 Å². The lowest BCUT2D eigenvalue weighted by molar-refractivity contribution is -0.130. The van der Waals surface area contributed by atoms with Crippen molar-refractivity contribution in [3.8, 4) is 0 Å². The van der Waals surface area contributed by atoms with Crippen LogP contribution < -0.4 is 0 Å². The number of ether oxygens (including phenoxy) is 1. The fourth-order valence-corrected chi connectivity index (χ4v) is 3.97. The summed E-state index contributed by atoms with van der Waals surface area (Å²) in [6.45, 7) is 2.90. The molecule has 1 fully saturated rings. The largest absolute Gasteiger partial charge is 0.383 e. The van der Waals surface area contributed by atoms with Crippen molar-refractivity contribution in [1.29, 1.82) is 0 Å². The Balaban J connectivity index is 1.45. The second-order valence-electron chi connectivity index (χ2n) is 7.29. The van der Waals surface area contributed by atoms with E-state index in [-0.39, 0.29) is 11.8 Å². The van der Waals surface area contributed by atoms with E-state index in [9.17, 15) is 4.79 Å². The van der Waals surface area contributed by atoms with Crippen LogP contribution in [0.2, 0.25) is 0 Å². The van der Waals surface area contributed by atoms with Crippen LogP contribution in [-0.4, -0.2) is 52.1 Å². The predicted molar refractivity (Wildman–Crippen MR) is 108 cm³/mol. The van der Waals surface area contributed by atoms with E-state index in [1.807, 2.05) is 35.4 Å². The van der Waals surface area contributed by atoms with Crippen molar-refractivity contribution in [2.24, 2.45) is 0 Å². The lowest BCUT2D eigenvalue weighted by Gasteiger charge is -2.17. The summed E-state index contributed by atoms with van der Waals surface area (Å²) in [5.41, 5.74) is 3.19. The lowest BCUT2D eigenvalue weighted by Crippen LogP contribution is -2.29. The molecule has 4 rings (SSSR count). The van der Waals surface area contributed by atoms with Crippen LogP contribution in [-0.2, 0) is 22.5 Å². The maximum absolute atomic E-state index is 12.7. The number of aromatic nitrogens is 3. The number of carbonyl (C=O) groups excluding carboxylic acids is 1. The van der Waals surface area contributed by atoms with Crippen LogP contribution in [0.3, 0.4) is 0 Å². The summed E-state index contributed by atoms with van der Waals surface area (Å²) in [5.74, 6) is 1.52. The van der Waals surface area contributed by atoms with E-state index < -0.39 is 0 Å². The first kappa shape index (κ1) is 18.6. The van der Waals surface area contributed by atoms with Gasteiger partial charge in [-0.25, -0.2) is 4.98 Å². The van der Waals surface area contributed by atoms with Gasteiger partial charge in [-0.05, 0) is 24.5 Å². The highest BCUT2D eigenvalue weighted by Gasteiger charge is 2.30. The first-order valence-electron chi connectivity index (χ1n) is 9.87. The highest BCUT2D eigenvalue weighted by atomic mass is 16.5. The van der Waals surface area contributed by atoms with Gasteiger partial charge >= 0.3 is 0 Å². The quantitative estimate of drug-likeness (QED) is 0.634. The van der Waals surface area contributed by atoms with Crippen molar-refractivity contribution in [3.63, 3.8) is 0 Å². The van der Waals surface area contributed by atoms with Gasteiger partial charge in [0.2, 0.25) is 5.91 Å². The molecule has 0 saturated carbocycles. The molecule has 0 bridgehead atoms. The number of hydrogen-bond donors (Lipinski definition) is 0. The normalized spacial score (nSPS) is 16.8. The smallest absolute Gasteiger partial charge is 0.222 e. The molecule has 0 unspecified atom stereocenters. The van der Waals surface area contributed by atoms with Gasteiger partial charge in [0.15, 0.2) is 0 Å². The van der Waals surface area contributed by atoms with E-state index in [4.69, 9.17) is 9.72 Å². The molecule has 6 nitrogen and oxygen atoms in total. The molecule has 0 spiro atoms. The number of carbonyl (C=O) groups is 1. The van der Waals surface area contributed by atoms with E-state index in [0.717, 1.165) is 49.3 Å². The minimum atomic E-state index is 0.229. The standard InChI is InChI=1S/C22H26N4O2/c1-28-14-13-26-20-15-23-11-9-19(20)24-22(26)18-10-12-25(16-18)21(27)8-7-17-5-3-2-4-6-17/h2-6,9,11,15,18H,7-8,10,12-14,16H2,1H3/t18-/m1/s1. The second kappa shape index (κ2) is 8.52. The SMILES string of the molecule is COCCn1c([C@@H]2CCN(C(=O)CCc3ccccc3)C2)nc2ccncc21. The zero-order valence-corrected chi connectivity index (χ0v) is 16.3. The molecule has 1 atom stereocenters. The molecule has 1 aliphatic rings. The Hall–Kier alpha value is -2.73. The summed E-state index contributed by atoms with van der Waals surface area (Å²) < 4.78 is 7.48. The zero-order valence-electron chi connectivity index (χ0n) is 16.3. The topological polar surface area (TPSA) is 60.2 Å². The van der Waals surface area contributed by atoms with Gasteiger partial charge in [-0.3, -0.25) is 9.78 Å². The van der Waals surface area contributed by atoms with E-state index in [1.165, 1.54) is 5.56 Å². The van der Waals surface area contributed by atoms with Crippen molar-refractivity contribution >= 4 is 16.9 Å². The third-order valence-corrected chi connectivity index (χ3v) is 5.48. The lowest BCUT2D eigenvalue weighted by atomic mass is 10.1. The average molecular weight is 378 g/mol. The summed E-state index contributed by atoms with van der Waals surface area (Å²) in [6.07, 6.45) is 5.92. The molecule has 2 aromatic heterocycles. The summed E-state index contributed by atoms with van der Waals surface area (Å²) in [5, 5.41) is 0. The second-order valence-corrected chi connectivity index (χ2v) is 7.29. The average Bonchev–Trinajstić information content (AvgIpc) is 3.36. The van der Waals surface area contributed by atoms with Crippen LogP contribution in [0, 0.1) is 0 Å². The molecule has 1 aliphatic heterocycles. The third-order valence-electron chi connectivity index (χ3n) is 5.48. The highest BCUT2D eigenvalue weighted by molar-refractivity contribution is 5.77. The first-order valence-corrected chi connectivity index (χ1v) is 9.87. The number of pyridine rings is 1. The van der Waals surface area contributed by atoms with Crippen molar-refractivity contribution in [3.05, 3.63) is 60.2 Å².